The molecule has 0 atom stereocenters. The molecule has 84 valence electrons. The van der Waals surface area contributed by atoms with Gasteiger partial charge in [0.05, 0.1) is 13.2 Å². The van der Waals surface area contributed by atoms with Gasteiger partial charge in [0.15, 0.2) is 5.60 Å². The molecule has 0 unspecified atom stereocenters. The minimum Gasteiger partial charge on any atom is -0.452 e. The fraction of sp³-hybridized carbons (Fsp3) is 0.600. The number of aliphatic hydroxyl groups is 2. The molecule has 0 fully saturated rings. The van der Waals surface area contributed by atoms with Gasteiger partial charge >= 0.3 is 6.01 Å². The van der Waals surface area contributed by atoms with Crippen LogP contribution in [0.1, 0.15) is 19.5 Å². The molecule has 1 aromatic rings. The van der Waals surface area contributed by atoms with Crippen molar-refractivity contribution in [2.24, 2.45) is 0 Å². The van der Waals surface area contributed by atoms with Crippen molar-refractivity contribution in [1.29, 1.82) is 0 Å². The molecule has 0 amide bonds. The van der Waals surface area contributed by atoms with E-state index in [2.05, 4.69) is 9.97 Å². The lowest BCUT2D eigenvalue weighted by Gasteiger charge is -2.24. The first-order valence-corrected chi connectivity index (χ1v) is 4.86. The summed E-state index contributed by atoms with van der Waals surface area (Å²) < 4.78 is 5.32. The highest BCUT2D eigenvalue weighted by atomic mass is 16.5. The highest BCUT2D eigenvalue weighted by Crippen LogP contribution is 2.13. The van der Waals surface area contributed by atoms with Gasteiger partial charge in [-0.15, -0.1) is 0 Å². The van der Waals surface area contributed by atoms with Gasteiger partial charge in [0.1, 0.15) is 0 Å². The van der Waals surface area contributed by atoms with Crippen LogP contribution in [0.25, 0.3) is 0 Å². The summed E-state index contributed by atoms with van der Waals surface area (Å²) in [5.74, 6) is 0. The Kier molecular flexibility index (Phi) is 3.99. The SMILES string of the molecule is CCc1ccnc(OC(C)(CO)CO)n1. The van der Waals surface area contributed by atoms with E-state index in [1.165, 1.54) is 0 Å². The Morgan fingerprint density at radius 1 is 1.40 bits per heavy atom. The second-order valence-corrected chi connectivity index (χ2v) is 3.55. The first-order valence-electron chi connectivity index (χ1n) is 4.86. The molecule has 15 heavy (non-hydrogen) atoms. The molecule has 0 bridgehead atoms. The summed E-state index contributed by atoms with van der Waals surface area (Å²) in [6, 6.07) is 1.97. The number of aliphatic hydroxyl groups excluding tert-OH is 2. The summed E-state index contributed by atoms with van der Waals surface area (Å²) >= 11 is 0. The maximum absolute atomic E-state index is 9.03. The minimum absolute atomic E-state index is 0.181. The summed E-state index contributed by atoms with van der Waals surface area (Å²) in [4.78, 5) is 8.03. The Balaban J connectivity index is 2.79. The van der Waals surface area contributed by atoms with Gasteiger partial charge < -0.3 is 14.9 Å². The van der Waals surface area contributed by atoms with E-state index < -0.39 is 5.60 Å². The molecule has 0 aliphatic heterocycles. The predicted octanol–water partition coefficient (Wildman–Crippen LogP) is 0.161. The van der Waals surface area contributed by atoms with E-state index in [-0.39, 0.29) is 19.2 Å². The fourth-order valence-corrected chi connectivity index (χ4v) is 0.957. The highest BCUT2D eigenvalue weighted by Gasteiger charge is 2.25. The van der Waals surface area contributed by atoms with E-state index in [0.29, 0.717) is 0 Å². The number of ether oxygens (including phenoxy) is 1. The van der Waals surface area contributed by atoms with Gasteiger partial charge in [-0.1, -0.05) is 6.92 Å². The zero-order chi connectivity index (χ0) is 11.3. The Bertz CT molecular complexity index is 313. The van der Waals surface area contributed by atoms with Crippen LogP contribution in [0, 0.1) is 0 Å². The number of hydrogen-bond acceptors (Lipinski definition) is 5. The molecule has 0 aromatic carbocycles. The van der Waals surface area contributed by atoms with Crippen LogP contribution in [0.4, 0.5) is 0 Å². The van der Waals surface area contributed by atoms with Crippen LogP contribution in [0.3, 0.4) is 0 Å². The summed E-state index contributed by atoms with van der Waals surface area (Å²) in [5.41, 5.74) is -0.176. The second-order valence-electron chi connectivity index (χ2n) is 3.55. The van der Waals surface area contributed by atoms with Crippen LogP contribution in [-0.2, 0) is 6.42 Å². The maximum atomic E-state index is 9.03. The van der Waals surface area contributed by atoms with Gasteiger partial charge in [-0.25, -0.2) is 9.97 Å². The van der Waals surface area contributed by atoms with Crippen LogP contribution in [0.15, 0.2) is 12.3 Å². The Morgan fingerprint density at radius 3 is 2.60 bits per heavy atom. The predicted molar refractivity (Wildman–Crippen MR) is 54.6 cm³/mol. The Hall–Kier alpha value is -1.20. The molecule has 0 saturated carbocycles. The third-order valence-corrected chi connectivity index (χ3v) is 2.06. The van der Waals surface area contributed by atoms with Crippen molar-refractivity contribution in [1.82, 2.24) is 9.97 Å². The molecular weight excluding hydrogens is 196 g/mol. The van der Waals surface area contributed by atoms with Crippen molar-refractivity contribution in [2.75, 3.05) is 13.2 Å². The van der Waals surface area contributed by atoms with Gasteiger partial charge in [0, 0.05) is 11.9 Å². The topological polar surface area (TPSA) is 75.5 Å². The normalized spacial score (nSPS) is 11.5. The van der Waals surface area contributed by atoms with Crippen molar-refractivity contribution in [3.63, 3.8) is 0 Å². The van der Waals surface area contributed by atoms with Crippen LogP contribution in [0.5, 0.6) is 6.01 Å². The summed E-state index contributed by atoms with van der Waals surface area (Å²) in [6.07, 6.45) is 2.38. The molecule has 1 heterocycles. The van der Waals surface area contributed by atoms with Crippen LogP contribution >= 0.6 is 0 Å². The van der Waals surface area contributed by atoms with E-state index in [4.69, 9.17) is 14.9 Å². The zero-order valence-corrected chi connectivity index (χ0v) is 8.97. The molecule has 0 aliphatic carbocycles. The summed E-state index contributed by atoms with van der Waals surface area (Å²) in [7, 11) is 0. The maximum Gasteiger partial charge on any atom is 0.317 e. The minimum atomic E-state index is -1.04. The van der Waals surface area contributed by atoms with E-state index in [0.717, 1.165) is 12.1 Å². The number of aromatic nitrogens is 2. The first kappa shape index (κ1) is 11.9. The van der Waals surface area contributed by atoms with Crippen molar-refractivity contribution in [2.45, 2.75) is 25.9 Å². The number of aryl methyl sites for hydroxylation is 1. The third kappa shape index (κ3) is 3.14. The van der Waals surface area contributed by atoms with Gasteiger partial charge in [0.2, 0.25) is 0 Å². The molecule has 5 heteroatoms. The molecule has 2 N–H and O–H groups in total. The Labute approximate surface area is 88.8 Å². The lowest BCUT2D eigenvalue weighted by atomic mass is 10.1. The lowest BCUT2D eigenvalue weighted by molar-refractivity contribution is -0.0256. The smallest absolute Gasteiger partial charge is 0.317 e. The van der Waals surface area contributed by atoms with E-state index in [1.807, 2.05) is 6.92 Å². The van der Waals surface area contributed by atoms with Crippen molar-refractivity contribution >= 4 is 0 Å². The Morgan fingerprint density at radius 2 is 2.07 bits per heavy atom. The molecule has 1 aromatic heterocycles. The molecule has 5 nitrogen and oxygen atoms in total. The van der Waals surface area contributed by atoms with E-state index >= 15 is 0 Å². The standard InChI is InChI=1S/C10H16N2O3/c1-3-8-4-5-11-9(12-8)15-10(2,6-13)7-14/h4-5,13-14H,3,6-7H2,1-2H3. The molecule has 0 aliphatic rings. The zero-order valence-electron chi connectivity index (χ0n) is 8.97. The molecule has 0 saturated heterocycles. The monoisotopic (exact) mass is 212 g/mol. The van der Waals surface area contributed by atoms with Gasteiger partial charge in [-0.3, -0.25) is 0 Å². The van der Waals surface area contributed by atoms with Gasteiger partial charge in [-0.05, 0) is 19.4 Å². The quantitative estimate of drug-likeness (QED) is 0.727. The second kappa shape index (κ2) is 5.04. The molecule has 0 radical (unpaired) electrons. The number of hydrogen-bond donors (Lipinski definition) is 2. The van der Waals surface area contributed by atoms with Crippen molar-refractivity contribution in [3.8, 4) is 6.01 Å². The molecule has 1 rings (SSSR count). The van der Waals surface area contributed by atoms with Crippen molar-refractivity contribution < 1.29 is 14.9 Å². The average Bonchev–Trinajstić information content (AvgIpc) is 2.29. The first-order chi connectivity index (χ1) is 7.13. The van der Waals surface area contributed by atoms with Crippen molar-refractivity contribution in [3.05, 3.63) is 18.0 Å². The van der Waals surface area contributed by atoms with Gasteiger partial charge in [-0.2, -0.15) is 0 Å². The van der Waals surface area contributed by atoms with Crippen LogP contribution < -0.4 is 4.74 Å². The summed E-state index contributed by atoms with van der Waals surface area (Å²) in [6.45, 7) is 2.99. The summed E-state index contributed by atoms with van der Waals surface area (Å²) in [5, 5.41) is 18.1. The third-order valence-electron chi connectivity index (χ3n) is 2.06. The van der Waals surface area contributed by atoms with Gasteiger partial charge in [0.25, 0.3) is 0 Å². The van der Waals surface area contributed by atoms with E-state index in [9.17, 15) is 0 Å². The number of rotatable bonds is 5. The van der Waals surface area contributed by atoms with Crippen LogP contribution in [0.2, 0.25) is 0 Å². The average molecular weight is 212 g/mol. The molecular formula is C10H16N2O3. The lowest BCUT2D eigenvalue weighted by Crippen LogP contribution is -2.41. The highest BCUT2D eigenvalue weighted by molar-refractivity contribution is 5.06. The molecule has 0 spiro atoms. The van der Waals surface area contributed by atoms with E-state index in [1.54, 1.807) is 19.2 Å². The largest absolute Gasteiger partial charge is 0.452 e. The number of nitrogens with zero attached hydrogens (tertiary/aromatic N) is 2. The fourth-order valence-electron chi connectivity index (χ4n) is 0.957. The van der Waals surface area contributed by atoms with Crippen LogP contribution in [-0.4, -0.2) is 39.0 Å².